The third-order valence-electron chi connectivity index (χ3n) is 9.26. The fourth-order valence-corrected chi connectivity index (χ4v) is 6.04. The van der Waals surface area contributed by atoms with Crippen LogP contribution >= 0.6 is 0 Å². The summed E-state index contributed by atoms with van der Waals surface area (Å²) in [5, 5.41) is 3.50. The summed E-state index contributed by atoms with van der Waals surface area (Å²) in [6, 6.07) is 19.3. The number of aryl methyl sites for hydroxylation is 1. The van der Waals surface area contributed by atoms with Crippen molar-refractivity contribution in [2.75, 3.05) is 30.0 Å². The second kappa shape index (κ2) is 20.8. The molecule has 0 saturated heterocycles. The molecule has 278 valence electrons. The molecule has 10 heteroatoms. The molecule has 2 aromatic heterocycles. The monoisotopic (exact) mass is 709 g/mol. The number of nitrogens with zero attached hydrogens (tertiary/aromatic N) is 4. The first-order valence-corrected chi connectivity index (χ1v) is 18.8. The highest BCUT2D eigenvalue weighted by atomic mass is 16.5. The van der Waals surface area contributed by atoms with Gasteiger partial charge in [0.15, 0.2) is 0 Å². The van der Waals surface area contributed by atoms with Crippen LogP contribution in [0.2, 0.25) is 0 Å². The third-order valence-corrected chi connectivity index (χ3v) is 9.26. The number of unbranched alkanes of at least 4 members (excludes halogenated alkanes) is 4. The molecule has 52 heavy (non-hydrogen) atoms. The van der Waals surface area contributed by atoms with Gasteiger partial charge in [0.1, 0.15) is 11.6 Å². The summed E-state index contributed by atoms with van der Waals surface area (Å²) in [6.07, 6.45) is 11.4. The minimum atomic E-state index is -0.366. The van der Waals surface area contributed by atoms with Crippen molar-refractivity contribution in [2.45, 2.75) is 92.0 Å². The number of aromatic nitrogens is 3. The zero-order valence-corrected chi connectivity index (χ0v) is 31.5. The van der Waals surface area contributed by atoms with E-state index in [0.29, 0.717) is 42.4 Å². The van der Waals surface area contributed by atoms with Crippen LogP contribution in [0.5, 0.6) is 0 Å². The molecule has 4 rings (SSSR count). The van der Waals surface area contributed by atoms with E-state index in [1.54, 1.807) is 37.4 Å². The Bertz CT molecular complexity index is 1770. The summed E-state index contributed by atoms with van der Waals surface area (Å²) in [5.41, 5.74) is 5.52. The number of imidazole rings is 1. The fraction of sp³-hybridized carbons (Fsp3) is 0.452. The maximum atomic E-state index is 13.7. The van der Waals surface area contributed by atoms with Crippen LogP contribution in [0.1, 0.15) is 107 Å². The van der Waals surface area contributed by atoms with E-state index in [4.69, 9.17) is 14.5 Å². The second-order valence-electron chi connectivity index (χ2n) is 13.1. The number of rotatable bonds is 21. The number of carbonyl (C=O) groups is 3. The predicted octanol–water partition coefficient (Wildman–Crippen LogP) is 8.90. The van der Waals surface area contributed by atoms with E-state index in [0.717, 1.165) is 49.1 Å². The topological polar surface area (TPSA) is 116 Å². The molecule has 10 nitrogen and oxygen atoms in total. The highest BCUT2D eigenvalue weighted by molar-refractivity contribution is 6.07. The number of ether oxygens (including phenoxy) is 2. The third kappa shape index (κ3) is 11.5. The van der Waals surface area contributed by atoms with Crippen molar-refractivity contribution in [1.82, 2.24) is 14.5 Å². The van der Waals surface area contributed by atoms with Crippen molar-refractivity contribution >= 4 is 46.0 Å². The van der Waals surface area contributed by atoms with Crippen molar-refractivity contribution in [1.29, 1.82) is 0 Å². The van der Waals surface area contributed by atoms with Crippen LogP contribution in [0.15, 0.2) is 72.9 Å². The molecule has 0 saturated carbocycles. The molecule has 1 amide bonds. The lowest BCUT2D eigenvalue weighted by Crippen LogP contribution is -2.34. The minimum Gasteiger partial charge on any atom is -0.466 e. The SMILES string of the molecule is CCCCCCOC(=O)CCC/C=C(\c1ccc(NCc2nc3cc(C(=O)N(CCC(=O)OCC)c4ccccn4)ccc3n2C)cc1)C(C)CC. The summed E-state index contributed by atoms with van der Waals surface area (Å²) < 4.78 is 12.5. The van der Waals surface area contributed by atoms with Gasteiger partial charge in [0.05, 0.1) is 37.2 Å². The summed E-state index contributed by atoms with van der Waals surface area (Å²) in [5.74, 6) is 0.953. The molecule has 0 aliphatic rings. The summed E-state index contributed by atoms with van der Waals surface area (Å²) in [4.78, 5) is 48.7. The van der Waals surface area contributed by atoms with Gasteiger partial charge < -0.3 is 19.4 Å². The van der Waals surface area contributed by atoms with Gasteiger partial charge >= 0.3 is 11.9 Å². The van der Waals surface area contributed by atoms with E-state index >= 15 is 0 Å². The van der Waals surface area contributed by atoms with E-state index < -0.39 is 0 Å². The van der Waals surface area contributed by atoms with Crippen LogP contribution < -0.4 is 10.2 Å². The molecule has 0 bridgehead atoms. The quantitative estimate of drug-likeness (QED) is 0.0674. The van der Waals surface area contributed by atoms with Crippen molar-refractivity contribution in [2.24, 2.45) is 13.0 Å². The number of hydrogen-bond acceptors (Lipinski definition) is 8. The first kappa shape index (κ1) is 39.8. The van der Waals surface area contributed by atoms with Crippen molar-refractivity contribution in [3.8, 4) is 0 Å². The van der Waals surface area contributed by atoms with Gasteiger partial charge in [-0.2, -0.15) is 0 Å². The molecule has 1 N–H and O–H groups in total. The zero-order chi connectivity index (χ0) is 37.3. The number of anilines is 2. The second-order valence-corrected chi connectivity index (χ2v) is 13.1. The van der Waals surface area contributed by atoms with Crippen molar-refractivity contribution < 1.29 is 23.9 Å². The molecule has 0 aliphatic carbocycles. The molecule has 0 fully saturated rings. The average molecular weight is 710 g/mol. The average Bonchev–Trinajstić information content (AvgIpc) is 3.48. The van der Waals surface area contributed by atoms with E-state index in [1.807, 2.05) is 23.7 Å². The number of amides is 1. The van der Waals surface area contributed by atoms with Gasteiger partial charge in [0.25, 0.3) is 5.91 Å². The highest BCUT2D eigenvalue weighted by Gasteiger charge is 2.21. The zero-order valence-electron chi connectivity index (χ0n) is 31.5. The van der Waals surface area contributed by atoms with Crippen LogP contribution in [0, 0.1) is 5.92 Å². The molecule has 0 radical (unpaired) electrons. The van der Waals surface area contributed by atoms with Gasteiger partial charge in [-0.05, 0) is 92.1 Å². The van der Waals surface area contributed by atoms with E-state index in [9.17, 15) is 14.4 Å². The number of hydrogen-bond donors (Lipinski definition) is 1. The Labute approximate surface area is 308 Å². The standard InChI is InChI=1S/C42H55N5O5/c1-6-9-10-15-28-52-40(48)18-12-11-16-35(31(4)7-2)32-19-22-34(23-20-32)44-30-39-45-36-29-33(21-24-37(36)46(39)5)42(50)47(27-25-41(49)51-8-3)38-17-13-14-26-43-38/h13-14,16-17,19-24,26,29,31,44H,6-12,15,18,25,27-28,30H2,1-5H3/b35-16-. The van der Waals surface area contributed by atoms with Crippen LogP contribution in [-0.2, 0) is 32.7 Å². The molecule has 2 heterocycles. The molecule has 0 spiro atoms. The maximum absolute atomic E-state index is 13.7. The van der Waals surface area contributed by atoms with Gasteiger partial charge in [-0.3, -0.25) is 19.3 Å². The maximum Gasteiger partial charge on any atom is 0.307 e. The molecule has 1 atom stereocenters. The molecule has 4 aromatic rings. The Morgan fingerprint density at radius 2 is 1.67 bits per heavy atom. The van der Waals surface area contributed by atoms with Crippen LogP contribution in [0.3, 0.4) is 0 Å². The number of carbonyl (C=O) groups excluding carboxylic acids is 3. The van der Waals surface area contributed by atoms with E-state index in [1.165, 1.54) is 28.9 Å². The Hall–Kier alpha value is -4.99. The van der Waals surface area contributed by atoms with E-state index in [2.05, 4.69) is 61.4 Å². The van der Waals surface area contributed by atoms with Gasteiger partial charge in [0.2, 0.25) is 0 Å². The molecule has 1 unspecified atom stereocenters. The fourth-order valence-electron chi connectivity index (χ4n) is 6.04. The first-order valence-electron chi connectivity index (χ1n) is 18.8. The smallest absolute Gasteiger partial charge is 0.307 e. The Morgan fingerprint density at radius 1 is 0.904 bits per heavy atom. The normalized spacial score (nSPS) is 12.1. The molecular weight excluding hydrogens is 654 g/mol. The van der Waals surface area contributed by atoms with Crippen molar-refractivity contribution in [3.63, 3.8) is 0 Å². The van der Waals surface area contributed by atoms with Gasteiger partial charge in [-0.1, -0.05) is 64.3 Å². The highest BCUT2D eigenvalue weighted by Crippen LogP contribution is 2.28. The lowest BCUT2D eigenvalue weighted by molar-refractivity contribution is -0.144. The summed E-state index contributed by atoms with van der Waals surface area (Å²) in [7, 11) is 1.97. The van der Waals surface area contributed by atoms with Crippen LogP contribution in [0.4, 0.5) is 11.5 Å². The van der Waals surface area contributed by atoms with Crippen LogP contribution in [0.25, 0.3) is 16.6 Å². The van der Waals surface area contributed by atoms with Gasteiger partial charge in [0, 0.05) is 37.5 Å². The predicted molar refractivity (Wildman–Crippen MR) is 208 cm³/mol. The number of allylic oxidation sites excluding steroid dienone is 2. The Morgan fingerprint density at radius 3 is 2.38 bits per heavy atom. The number of benzene rings is 2. The Balaban J connectivity index is 1.38. The minimum absolute atomic E-state index is 0.0609. The number of pyridine rings is 1. The van der Waals surface area contributed by atoms with Gasteiger partial charge in [-0.15, -0.1) is 0 Å². The molecular formula is C42H55N5O5. The number of fused-ring (bicyclic) bond motifs is 1. The van der Waals surface area contributed by atoms with Crippen molar-refractivity contribution in [3.05, 3.63) is 89.9 Å². The summed E-state index contributed by atoms with van der Waals surface area (Å²) >= 11 is 0. The first-order chi connectivity index (χ1) is 25.2. The number of esters is 2. The molecule has 2 aromatic carbocycles. The van der Waals surface area contributed by atoms with Crippen LogP contribution in [-0.4, -0.2) is 52.1 Å². The Kier molecular flexibility index (Phi) is 15.9. The van der Waals surface area contributed by atoms with E-state index in [-0.39, 0.29) is 37.4 Å². The lowest BCUT2D eigenvalue weighted by atomic mass is 9.90. The largest absolute Gasteiger partial charge is 0.466 e. The van der Waals surface area contributed by atoms with Gasteiger partial charge in [-0.25, -0.2) is 9.97 Å². The summed E-state index contributed by atoms with van der Waals surface area (Å²) in [6.45, 7) is 9.82. The molecule has 0 aliphatic heterocycles. The number of nitrogens with one attached hydrogen (secondary N) is 1. The lowest BCUT2D eigenvalue weighted by Gasteiger charge is -2.21.